The van der Waals surface area contributed by atoms with E-state index in [1.165, 1.54) is 12.1 Å². The van der Waals surface area contributed by atoms with Crippen molar-refractivity contribution in [2.75, 3.05) is 0 Å². The van der Waals surface area contributed by atoms with Crippen molar-refractivity contribution in [2.45, 2.75) is 27.2 Å². The maximum Gasteiger partial charge on any atom is 0.153 e. The Hall–Kier alpha value is -1.51. The zero-order chi connectivity index (χ0) is 10.0. The molecule has 0 unspecified atom stereocenters. The summed E-state index contributed by atoms with van der Waals surface area (Å²) in [5.41, 5.74) is 0.876. The Kier molecular flexibility index (Phi) is 4.15. The van der Waals surface area contributed by atoms with Crippen LogP contribution >= 0.6 is 0 Å². The molecule has 0 aromatic heterocycles. The maximum atomic E-state index is 10.5. The predicted octanol–water partition coefficient (Wildman–Crippen LogP) is 2.67. The third kappa shape index (κ3) is 2.25. The summed E-state index contributed by atoms with van der Waals surface area (Å²) in [6, 6.07) is 2.70. The van der Waals surface area contributed by atoms with Crippen LogP contribution in [0.5, 0.6) is 11.5 Å². The lowest BCUT2D eigenvalue weighted by atomic mass is 9.99. The molecular weight excluding hydrogens is 180 g/mol. The van der Waals surface area contributed by atoms with Crippen molar-refractivity contribution in [3.8, 4) is 11.5 Å². The van der Waals surface area contributed by atoms with Crippen LogP contribution in [-0.4, -0.2) is 16.5 Å². The average molecular weight is 196 g/mol. The lowest BCUT2D eigenvalue weighted by Crippen LogP contribution is -1.91. The molecule has 0 aliphatic rings. The third-order valence-corrected chi connectivity index (χ3v) is 1.92. The number of aldehydes is 1. The molecule has 3 heteroatoms. The van der Waals surface area contributed by atoms with Crippen LogP contribution in [0.15, 0.2) is 12.1 Å². The molecule has 3 nitrogen and oxygen atoms in total. The predicted molar refractivity (Wildman–Crippen MR) is 56.0 cm³/mol. The molecule has 14 heavy (non-hydrogen) atoms. The highest BCUT2D eigenvalue weighted by Crippen LogP contribution is 2.31. The van der Waals surface area contributed by atoms with Gasteiger partial charge in [-0.1, -0.05) is 21.3 Å². The second-order valence-electron chi connectivity index (χ2n) is 3.24. The van der Waals surface area contributed by atoms with Crippen molar-refractivity contribution in [2.24, 2.45) is 0 Å². The monoisotopic (exact) mass is 196 g/mol. The summed E-state index contributed by atoms with van der Waals surface area (Å²) >= 11 is 0. The Morgan fingerprint density at radius 1 is 1.21 bits per heavy atom. The molecule has 0 aliphatic carbocycles. The number of rotatable bonds is 2. The zero-order valence-corrected chi connectivity index (χ0v) is 7.61. The highest BCUT2D eigenvalue weighted by atomic mass is 16.3. The van der Waals surface area contributed by atoms with Gasteiger partial charge in [0.25, 0.3) is 0 Å². The topological polar surface area (TPSA) is 57.5 Å². The highest BCUT2D eigenvalue weighted by molar-refractivity contribution is 5.80. The quantitative estimate of drug-likeness (QED) is 0.715. The summed E-state index contributed by atoms with van der Waals surface area (Å²) in [7, 11) is 0. The highest BCUT2D eigenvalue weighted by Gasteiger charge is 2.10. The molecule has 0 saturated carbocycles. The summed E-state index contributed by atoms with van der Waals surface area (Å²) in [6.07, 6.45) is 0.570. The van der Waals surface area contributed by atoms with Gasteiger partial charge in [-0.05, 0) is 17.5 Å². The van der Waals surface area contributed by atoms with Gasteiger partial charge < -0.3 is 10.2 Å². The van der Waals surface area contributed by atoms with Gasteiger partial charge in [-0.2, -0.15) is 0 Å². The molecule has 0 heterocycles. The Morgan fingerprint density at radius 2 is 1.79 bits per heavy atom. The SMILES string of the molecule is C.CC(C)c1cc(C=O)c(O)cc1O. The second kappa shape index (κ2) is 4.65. The minimum Gasteiger partial charge on any atom is -0.508 e. The van der Waals surface area contributed by atoms with Crippen LogP contribution in [0, 0.1) is 0 Å². The first-order valence-electron chi connectivity index (χ1n) is 4.07. The molecule has 0 fully saturated rings. The van der Waals surface area contributed by atoms with Crippen LogP contribution in [0.4, 0.5) is 0 Å². The molecule has 1 aromatic rings. The van der Waals surface area contributed by atoms with E-state index in [-0.39, 0.29) is 30.4 Å². The van der Waals surface area contributed by atoms with Crippen LogP contribution in [-0.2, 0) is 0 Å². The Balaban J connectivity index is 0.00000169. The van der Waals surface area contributed by atoms with Crippen LogP contribution in [0.3, 0.4) is 0 Å². The van der Waals surface area contributed by atoms with Crippen molar-refractivity contribution < 1.29 is 15.0 Å². The van der Waals surface area contributed by atoms with Gasteiger partial charge in [-0.15, -0.1) is 0 Å². The minimum absolute atomic E-state index is 0. The number of phenols is 2. The third-order valence-electron chi connectivity index (χ3n) is 1.92. The van der Waals surface area contributed by atoms with E-state index in [9.17, 15) is 15.0 Å². The second-order valence-corrected chi connectivity index (χ2v) is 3.24. The summed E-state index contributed by atoms with van der Waals surface area (Å²) < 4.78 is 0. The lowest BCUT2D eigenvalue weighted by molar-refractivity contribution is 0.112. The van der Waals surface area contributed by atoms with E-state index in [2.05, 4.69) is 0 Å². The van der Waals surface area contributed by atoms with Crippen molar-refractivity contribution in [3.05, 3.63) is 23.3 Å². The fourth-order valence-electron chi connectivity index (χ4n) is 1.17. The molecule has 0 aliphatic heterocycles. The number of aromatic hydroxyl groups is 2. The molecule has 78 valence electrons. The maximum absolute atomic E-state index is 10.5. The molecule has 1 aromatic carbocycles. The molecular formula is C11H16O3. The number of carbonyl (C=O) groups excluding carboxylic acids is 1. The van der Waals surface area contributed by atoms with Gasteiger partial charge in [0.15, 0.2) is 6.29 Å². The van der Waals surface area contributed by atoms with Crippen molar-refractivity contribution in [1.82, 2.24) is 0 Å². The first-order valence-corrected chi connectivity index (χ1v) is 4.07. The van der Waals surface area contributed by atoms with E-state index < -0.39 is 0 Å². The molecule has 0 atom stereocenters. The van der Waals surface area contributed by atoms with Crippen molar-refractivity contribution >= 4 is 6.29 Å². The van der Waals surface area contributed by atoms with Crippen molar-refractivity contribution in [1.29, 1.82) is 0 Å². The molecule has 0 bridgehead atoms. The van der Waals surface area contributed by atoms with Crippen LogP contribution in [0.2, 0.25) is 0 Å². The van der Waals surface area contributed by atoms with E-state index in [0.29, 0.717) is 11.8 Å². The van der Waals surface area contributed by atoms with E-state index in [1.807, 2.05) is 13.8 Å². The summed E-state index contributed by atoms with van der Waals surface area (Å²) in [5.74, 6) is -0.0331. The van der Waals surface area contributed by atoms with Gasteiger partial charge >= 0.3 is 0 Å². The molecule has 0 spiro atoms. The van der Waals surface area contributed by atoms with Gasteiger partial charge in [0, 0.05) is 6.07 Å². The number of hydrogen-bond donors (Lipinski definition) is 2. The van der Waals surface area contributed by atoms with E-state index >= 15 is 0 Å². The van der Waals surface area contributed by atoms with Gasteiger partial charge in [0.2, 0.25) is 0 Å². The summed E-state index contributed by atoms with van der Waals surface area (Å²) in [6.45, 7) is 3.81. The molecule has 0 radical (unpaired) electrons. The summed E-state index contributed by atoms with van der Waals surface area (Å²) in [5, 5.41) is 18.6. The molecule has 2 N–H and O–H groups in total. The van der Waals surface area contributed by atoms with Gasteiger partial charge in [-0.25, -0.2) is 0 Å². The average Bonchev–Trinajstić information content (AvgIpc) is 2.03. The van der Waals surface area contributed by atoms with Gasteiger partial charge in [-0.3, -0.25) is 4.79 Å². The lowest BCUT2D eigenvalue weighted by Gasteiger charge is -2.09. The first kappa shape index (κ1) is 12.5. The minimum atomic E-state index is -0.183. The largest absolute Gasteiger partial charge is 0.508 e. The van der Waals surface area contributed by atoms with Crippen LogP contribution in [0.25, 0.3) is 0 Å². The zero-order valence-electron chi connectivity index (χ0n) is 7.61. The molecule has 0 saturated heterocycles. The smallest absolute Gasteiger partial charge is 0.153 e. The summed E-state index contributed by atoms with van der Waals surface area (Å²) in [4.78, 5) is 10.5. The van der Waals surface area contributed by atoms with Gasteiger partial charge in [0.1, 0.15) is 11.5 Å². The first-order chi connectivity index (χ1) is 6.06. The Morgan fingerprint density at radius 3 is 2.21 bits per heavy atom. The van der Waals surface area contributed by atoms with Crippen LogP contribution in [0.1, 0.15) is 43.1 Å². The fraction of sp³-hybridized carbons (Fsp3) is 0.364. The van der Waals surface area contributed by atoms with E-state index in [0.717, 1.165) is 0 Å². The van der Waals surface area contributed by atoms with Crippen LogP contribution < -0.4 is 0 Å². The molecule has 0 amide bonds. The number of carbonyl (C=O) groups is 1. The normalized spacial score (nSPS) is 9.64. The fourth-order valence-corrected chi connectivity index (χ4v) is 1.17. The number of benzene rings is 1. The number of hydrogen-bond acceptors (Lipinski definition) is 3. The molecule has 1 rings (SSSR count). The number of phenolic OH excluding ortho intramolecular Hbond substituents is 2. The van der Waals surface area contributed by atoms with Gasteiger partial charge in [0.05, 0.1) is 5.56 Å². The van der Waals surface area contributed by atoms with E-state index in [1.54, 1.807) is 0 Å². The van der Waals surface area contributed by atoms with E-state index in [4.69, 9.17) is 0 Å². The van der Waals surface area contributed by atoms with Crippen molar-refractivity contribution in [3.63, 3.8) is 0 Å². The Labute approximate surface area is 84.0 Å². The standard InChI is InChI=1S/C10H12O3.CH4/c1-6(2)8-3-7(5-11)9(12)4-10(8)13;/h3-6,12-13H,1-2H3;1H4. The Bertz CT molecular complexity index is 330.